The maximum atomic E-state index is 12.4. The minimum absolute atomic E-state index is 0.320. The summed E-state index contributed by atoms with van der Waals surface area (Å²) in [7, 11) is -3.82. The summed E-state index contributed by atoms with van der Waals surface area (Å²) in [6.45, 7) is 13.1. The average molecular weight is 324 g/mol. The van der Waals surface area contributed by atoms with Gasteiger partial charge in [0.25, 0.3) is 0 Å². The molecule has 1 aliphatic rings. The molecule has 1 aliphatic heterocycles. The first-order valence-electron chi connectivity index (χ1n) is 7.48. The largest absolute Gasteiger partial charge is 0.494 e. The van der Waals surface area contributed by atoms with E-state index >= 15 is 0 Å². The second kappa shape index (κ2) is 5.08. The van der Waals surface area contributed by atoms with Crippen LogP contribution in [-0.2, 0) is 19.1 Å². The molecule has 0 N–H and O–H groups in total. The van der Waals surface area contributed by atoms with E-state index < -0.39 is 32.9 Å². The van der Waals surface area contributed by atoms with Gasteiger partial charge in [0.05, 0.1) is 20.8 Å². The molecular formula is C16H25BO4S. The van der Waals surface area contributed by atoms with Gasteiger partial charge in [-0.25, -0.2) is 8.42 Å². The highest BCUT2D eigenvalue weighted by molar-refractivity contribution is 7.92. The minimum atomic E-state index is -3.34. The molecule has 0 unspecified atom stereocenters. The van der Waals surface area contributed by atoms with Crippen molar-refractivity contribution in [2.24, 2.45) is 0 Å². The zero-order chi connectivity index (χ0) is 17.0. The average Bonchev–Trinajstić information content (AvgIpc) is 2.57. The second-order valence-electron chi connectivity index (χ2n) is 7.77. The van der Waals surface area contributed by atoms with Crippen molar-refractivity contribution in [3.05, 3.63) is 24.3 Å². The van der Waals surface area contributed by atoms with Gasteiger partial charge in [-0.15, -0.1) is 0 Å². The Morgan fingerprint density at radius 1 is 0.909 bits per heavy atom. The molecule has 0 amide bonds. The van der Waals surface area contributed by atoms with E-state index in [1.807, 2.05) is 27.7 Å². The van der Waals surface area contributed by atoms with Crippen LogP contribution in [0.4, 0.5) is 0 Å². The van der Waals surface area contributed by atoms with Crippen molar-refractivity contribution in [3.63, 3.8) is 0 Å². The van der Waals surface area contributed by atoms with Gasteiger partial charge in [-0.2, -0.15) is 0 Å². The number of sulfone groups is 1. The molecule has 0 atom stereocenters. The summed E-state index contributed by atoms with van der Waals surface area (Å²) in [5.41, 5.74) is 0.00766. The molecule has 1 fully saturated rings. The topological polar surface area (TPSA) is 52.6 Å². The molecule has 0 spiro atoms. The van der Waals surface area contributed by atoms with Crippen LogP contribution in [0.1, 0.15) is 48.5 Å². The van der Waals surface area contributed by atoms with Gasteiger partial charge >= 0.3 is 7.12 Å². The predicted molar refractivity (Wildman–Crippen MR) is 89.1 cm³/mol. The number of hydrogen-bond donors (Lipinski definition) is 0. The third-order valence-corrected chi connectivity index (χ3v) is 7.03. The van der Waals surface area contributed by atoms with Crippen molar-refractivity contribution in [1.29, 1.82) is 0 Å². The molecule has 22 heavy (non-hydrogen) atoms. The molecule has 122 valence electrons. The van der Waals surface area contributed by atoms with E-state index in [0.717, 1.165) is 5.46 Å². The van der Waals surface area contributed by atoms with E-state index in [0.29, 0.717) is 4.90 Å². The smallest absolute Gasteiger partial charge is 0.399 e. The van der Waals surface area contributed by atoms with Gasteiger partial charge in [-0.3, -0.25) is 0 Å². The van der Waals surface area contributed by atoms with E-state index in [4.69, 9.17) is 9.31 Å². The predicted octanol–water partition coefficient (Wildman–Crippen LogP) is 2.56. The Kier molecular flexibility index (Phi) is 4.04. The summed E-state index contributed by atoms with van der Waals surface area (Å²) in [4.78, 5) is 0.320. The molecule has 2 rings (SSSR count). The van der Waals surface area contributed by atoms with Crippen molar-refractivity contribution < 1.29 is 17.7 Å². The molecule has 0 aromatic heterocycles. The van der Waals surface area contributed by atoms with Crippen molar-refractivity contribution in [1.82, 2.24) is 0 Å². The fourth-order valence-corrected chi connectivity index (χ4v) is 3.34. The number of rotatable bonds is 2. The van der Waals surface area contributed by atoms with Gasteiger partial charge in [0.15, 0.2) is 9.84 Å². The summed E-state index contributed by atoms with van der Waals surface area (Å²) >= 11 is 0. The lowest BCUT2D eigenvalue weighted by Gasteiger charge is -2.32. The molecular weight excluding hydrogens is 299 g/mol. The molecule has 1 heterocycles. The van der Waals surface area contributed by atoms with Crippen LogP contribution in [0.25, 0.3) is 0 Å². The summed E-state index contributed by atoms with van der Waals surface area (Å²) in [5.74, 6) is 0. The molecule has 1 aromatic carbocycles. The SMILES string of the molecule is CC1(C)OB(c2ccc(S(=O)(=O)C(C)(C)C)cc2)OC1(C)C. The first-order valence-corrected chi connectivity index (χ1v) is 8.96. The van der Waals surface area contributed by atoms with Gasteiger partial charge in [0.1, 0.15) is 0 Å². The lowest BCUT2D eigenvalue weighted by molar-refractivity contribution is 0.00578. The highest BCUT2D eigenvalue weighted by Crippen LogP contribution is 2.36. The van der Waals surface area contributed by atoms with Crippen LogP contribution >= 0.6 is 0 Å². The Morgan fingerprint density at radius 3 is 1.68 bits per heavy atom. The number of benzene rings is 1. The lowest BCUT2D eigenvalue weighted by Crippen LogP contribution is -2.41. The summed E-state index contributed by atoms with van der Waals surface area (Å²) in [6.07, 6.45) is 0. The first-order chi connectivity index (χ1) is 9.78. The maximum absolute atomic E-state index is 12.4. The summed E-state index contributed by atoms with van der Waals surface area (Å²) < 4.78 is 36.0. The van der Waals surface area contributed by atoms with Gasteiger partial charge in [0, 0.05) is 0 Å². The molecule has 0 saturated carbocycles. The van der Waals surface area contributed by atoms with Crippen LogP contribution in [0.2, 0.25) is 0 Å². The Morgan fingerprint density at radius 2 is 1.32 bits per heavy atom. The summed E-state index contributed by atoms with van der Waals surface area (Å²) in [6, 6.07) is 6.78. The lowest BCUT2D eigenvalue weighted by atomic mass is 9.79. The van der Waals surface area contributed by atoms with Crippen LogP contribution in [0.5, 0.6) is 0 Å². The van der Waals surface area contributed by atoms with Gasteiger partial charge < -0.3 is 9.31 Å². The standard InChI is InChI=1S/C16H25BO4S/c1-14(2,3)22(18,19)13-10-8-12(9-11-13)17-20-15(4,5)16(6,7)21-17/h8-11H,1-7H3. The molecule has 0 bridgehead atoms. The zero-order valence-corrected chi connectivity index (χ0v) is 15.2. The Labute approximate surface area is 134 Å². The van der Waals surface area contributed by atoms with E-state index in [1.54, 1.807) is 45.0 Å². The molecule has 4 nitrogen and oxygen atoms in total. The third-order valence-electron chi connectivity index (χ3n) is 4.52. The third kappa shape index (κ3) is 2.84. The molecule has 1 aromatic rings. The molecule has 1 saturated heterocycles. The highest BCUT2D eigenvalue weighted by Gasteiger charge is 2.51. The Hall–Kier alpha value is -0.845. The number of hydrogen-bond acceptors (Lipinski definition) is 4. The van der Waals surface area contributed by atoms with Crippen LogP contribution in [0.15, 0.2) is 29.2 Å². The highest BCUT2D eigenvalue weighted by atomic mass is 32.2. The van der Waals surface area contributed by atoms with E-state index in [2.05, 4.69) is 0 Å². The monoisotopic (exact) mass is 324 g/mol. The fraction of sp³-hybridized carbons (Fsp3) is 0.625. The van der Waals surface area contributed by atoms with Crippen molar-refractivity contribution >= 4 is 22.4 Å². The van der Waals surface area contributed by atoms with Crippen molar-refractivity contribution in [3.8, 4) is 0 Å². The summed E-state index contributed by atoms with van der Waals surface area (Å²) in [5, 5.41) is 0. The van der Waals surface area contributed by atoms with Gasteiger partial charge in [0.2, 0.25) is 0 Å². The van der Waals surface area contributed by atoms with Crippen molar-refractivity contribution in [2.45, 2.75) is 69.3 Å². The first kappa shape index (κ1) is 17.5. The second-order valence-corrected chi connectivity index (χ2v) is 10.5. The quantitative estimate of drug-likeness (QED) is 0.785. The van der Waals surface area contributed by atoms with Crippen LogP contribution in [0.3, 0.4) is 0 Å². The van der Waals surface area contributed by atoms with Crippen LogP contribution < -0.4 is 5.46 Å². The molecule has 0 aliphatic carbocycles. The normalized spacial score (nSPS) is 21.1. The Bertz CT molecular complexity index is 638. The fourth-order valence-electron chi connectivity index (χ4n) is 2.14. The minimum Gasteiger partial charge on any atom is -0.399 e. The van der Waals surface area contributed by atoms with Gasteiger partial charge in [-0.1, -0.05) is 12.1 Å². The maximum Gasteiger partial charge on any atom is 0.494 e. The van der Waals surface area contributed by atoms with Crippen LogP contribution in [-0.4, -0.2) is 31.5 Å². The van der Waals surface area contributed by atoms with E-state index in [1.165, 1.54) is 0 Å². The van der Waals surface area contributed by atoms with Crippen molar-refractivity contribution in [2.75, 3.05) is 0 Å². The molecule has 0 radical (unpaired) electrons. The zero-order valence-electron chi connectivity index (χ0n) is 14.4. The molecule has 6 heteroatoms. The van der Waals surface area contributed by atoms with Crippen LogP contribution in [0, 0.1) is 0 Å². The van der Waals surface area contributed by atoms with E-state index in [-0.39, 0.29) is 0 Å². The van der Waals surface area contributed by atoms with Gasteiger partial charge in [-0.05, 0) is 66.1 Å². The Balaban J connectivity index is 2.29. The van der Waals surface area contributed by atoms with E-state index in [9.17, 15) is 8.42 Å².